The van der Waals surface area contributed by atoms with E-state index in [0.717, 1.165) is 0 Å². The Labute approximate surface area is 144 Å². The lowest BCUT2D eigenvalue weighted by Gasteiger charge is -2.12. The van der Waals surface area contributed by atoms with Crippen LogP contribution in [-0.2, 0) is 9.47 Å². The highest BCUT2D eigenvalue weighted by molar-refractivity contribution is 6.00. The van der Waals surface area contributed by atoms with Crippen LogP contribution in [0.4, 0.5) is 5.69 Å². The van der Waals surface area contributed by atoms with Gasteiger partial charge in [-0.1, -0.05) is 0 Å². The molecule has 0 bridgehead atoms. The summed E-state index contributed by atoms with van der Waals surface area (Å²) in [6.45, 7) is 3.53. The number of hydrogen-bond donors (Lipinski definition) is 1. The maximum atomic E-state index is 12.1. The topological polar surface area (TPSA) is 136 Å². The molecular formula is C17H14N4O4. The number of nitrogens with zero attached hydrogens (tertiary/aromatic N) is 3. The lowest BCUT2D eigenvalue weighted by Crippen LogP contribution is -2.13. The number of ether oxygens (including phenoxy) is 2. The van der Waals surface area contributed by atoms with Crippen LogP contribution in [0, 0.1) is 34.0 Å². The first-order valence-electron chi connectivity index (χ1n) is 7.22. The number of anilines is 1. The molecule has 1 aromatic carbocycles. The number of carbonyl (C=O) groups excluding carboxylic acids is 2. The van der Waals surface area contributed by atoms with Crippen molar-refractivity contribution in [2.24, 2.45) is 0 Å². The Bertz CT molecular complexity index is 822. The van der Waals surface area contributed by atoms with Crippen LogP contribution >= 0.6 is 0 Å². The van der Waals surface area contributed by atoms with E-state index in [9.17, 15) is 9.59 Å². The summed E-state index contributed by atoms with van der Waals surface area (Å²) >= 11 is 0. The second kappa shape index (κ2) is 9.34. The normalized spacial score (nSPS) is 8.92. The first-order valence-corrected chi connectivity index (χ1v) is 7.22. The molecule has 0 aliphatic carbocycles. The monoisotopic (exact) mass is 338 g/mol. The molecule has 0 amide bonds. The average molecular weight is 338 g/mol. The minimum Gasteiger partial charge on any atom is -0.462 e. The molecule has 1 rings (SSSR count). The van der Waals surface area contributed by atoms with Gasteiger partial charge in [0.25, 0.3) is 0 Å². The number of nitrogens with one attached hydrogen (secondary N) is 1. The number of nitriles is 3. The third-order valence-electron chi connectivity index (χ3n) is 2.87. The lowest BCUT2D eigenvalue weighted by atomic mass is 10.1. The first kappa shape index (κ1) is 19.2. The number of carbonyl (C=O) groups is 2. The summed E-state index contributed by atoms with van der Waals surface area (Å²) in [5.74, 6) is -1.35. The molecule has 0 saturated heterocycles. The smallest absolute Gasteiger partial charge is 0.340 e. The molecule has 0 saturated carbocycles. The number of esters is 2. The Hall–Kier alpha value is -3.83. The molecular weight excluding hydrogens is 324 g/mol. The molecule has 0 aliphatic rings. The molecule has 25 heavy (non-hydrogen) atoms. The summed E-state index contributed by atoms with van der Waals surface area (Å²) in [6, 6.07) is 8.87. The van der Waals surface area contributed by atoms with Gasteiger partial charge >= 0.3 is 11.9 Å². The van der Waals surface area contributed by atoms with Gasteiger partial charge in [0.2, 0.25) is 0 Å². The quantitative estimate of drug-likeness (QED) is 0.616. The second-order valence-corrected chi connectivity index (χ2v) is 4.41. The fourth-order valence-corrected chi connectivity index (χ4v) is 1.79. The van der Waals surface area contributed by atoms with Gasteiger partial charge < -0.3 is 14.8 Å². The van der Waals surface area contributed by atoms with E-state index in [4.69, 9.17) is 25.3 Å². The van der Waals surface area contributed by atoms with E-state index in [2.05, 4.69) is 5.32 Å². The van der Waals surface area contributed by atoms with Crippen LogP contribution in [-0.4, -0.2) is 25.2 Å². The SMILES string of the molecule is CCOC(=O)c1ccc(NC(C#N)=C(C#N)C#N)c(C(=O)OCC)c1. The van der Waals surface area contributed by atoms with Crippen molar-refractivity contribution in [3.63, 3.8) is 0 Å². The van der Waals surface area contributed by atoms with Gasteiger partial charge in [-0.25, -0.2) is 9.59 Å². The second-order valence-electron chi connectivity index (χ2n) is 4.41. The maximum absolute atomic E-state index is 12.1. The van der Waals surface area contributed by atoms with E-state index >= 15 is 0 Å². The van der Waals surface area contributed by atoms with Gasteiger partial charge in [0.05, 0.1) is 30.0 Å². The van der Waals surface area contributed by atoms with Gasteiger partial charge in [-0.05, 0) is 32.0 Å². The van der Waals surface area contributed by atoms with E-state index < -0.39 is 17.5 Å². The first-order chi connectivity index (χ1) is 12.0. The molecule has 0 spiro atoms. The third-order valence-corrected chi connectivity index (χ3v) is 2.87. The van der Waals surface area contributed by atoms with Gasteiger partial charge in [-0.2, -0.15) is 15.8 Å². The Morgan fingerprint density at radius 3 is 2.12 bits per heavy atom. The van der Waals surface area contributed by atoms with Crippen molar-refractivity contribution < 1.29 is 19.1 Å². The summed E-state index contributed by atoms with van der Waals surface area (Å²) in [7, 11) is 0. The largest absolute Gasteiger partial charge is 0.462 e. The zero-order chi connectivity index (χ0) is 18.8. The van der Waals surface area contributed by atoms with Crippen molar-refractivity contribution in [2.45, 2.75) is 13.8 Å². The van der Waals surface area contributed by atoms with Crippen molar-refractivity contribution in [2.75, 3.05) is 18.5 Å². The Morgan fingerprint density at radius 1 is 1.00 bits per heavy atom. The zero-order valence-corrected chi connectivity index (χ0v) is 13.6. The van der Waals surface area contributed by atoms with Gasteiger partial charge in [0.1, 0.15) is 23.9 Å². The van der Waals surface area contributed by atoms with Gasteiger partial charge in [0.15, 0.2) is 5.57 Å². The number of rotatable bonds is 6. The predicted molar refractivity (Wildman–Crippen MR) is 85.8 cm³/mol. The van der Waals surface area contributed by atoms with Crippen LogP contribution in [0.5, 0.6) is 0 Å². The standard InChI is InChI=1S/C17H14N4O4/c1-3-24-16(22)11-5-6-14(13(7-11)17(23)25-4-2)21-15(10-20)12(8-18)9-19/h5-7,21H,3-4H2,1-2H3. The molecule has 0 atom stereocenters. The fraction of sp³-hybridized carbons (Fsp3) is 0.235. The van der Waals surface area contributed by atoms with E-state index in [-0.39, 0.29) is 35.7 Å². The van der Waals surface area contributed by atoms with Crippen LogP contribution in [0.25, 0.3) is 0 Å². The summed E-state index contributed by atoms with van der Waals surface area (Å²) in [5.41, 5.74) is -0.550. The number of benzene rings is 1. The molecule has 0 aromatic heterocycles. The van der Waals surface area contributed by atoms with Crippen LogP contribution in [0.15, 0.2) is 29.5 Å². The molecule has 0 fully saturated rings. The molecule has 0 heterocycles. The maximum Gasteiger partial charge on any atom is 0.340 e. The van der Waals surface area contributed by atoms with Crippen molar-refractivity contribution in [3.8, 4) is 18.2 Å². The molecule has 8 heteroatoms. The Balaban J connectivity index is 3.40. The Morgan fingerprint density at radius 2 is 1.60 bits per heavy atom. The van der Waals surface area contributed by atoms with E-state index in [0.29, 0.717) is 0 Å². The van der Waals surface area contributed by atoms with Crippen LogP contribution in [0.1, 0.15) is 34.6 Å². The van der Waals surface area contributed by atoms with E-state index in [1.807, 2.05) is 0 Å². The highest BCUT2D eigenvalue weighted by Gasteiger charge is 2.18. The third kappa shape index (κ3) is 4.82. The highest BCUT2D eigenvalue weighted by Crippen LogP contribution is 2.22. The summed E-state index contributed by atoms with van der Waals surface area (Å²) in [5, 5.41) is 29.4. The summed E-state index contributed by atoms with van der Waals surface area (Å²) in [4.78, 5) is 24.0. The van der Waals surface area contributed by atoms with Crippen LogP contribution in [0.3, 0.4) is 0 Å². The van der Waals surface area contributed by atoms with Crippen LogP contribution in [0.2, 0.25) is 0 Å². The summed E-state index contributed by atoms with van der Waals surface area (Å²) < 4.78 is 9.81. The van der Waals surface area contributed by atoms with Crippen molar-refractivity contribution in [1.82, 2.24) is 0 Å². The summed E-state index contributed by atoms with van der Waals surface area (Å²) in [6.07, 6.45) is 0. The van der Waals surface area contributed by atoms with Crippen molar-refractivity contribution in [3.05, 3.63) is 40.6 Å². The minimum absolute atomic E-state index is 0.0321. The minimum atomic E-state index is -0.732. The Kier molecular flexibility index (Phi) is 7.18. The molecule has 0 unspecified atom stereocenters. The van der Waals surface area contributed by atoms with Gasteiger partial charge in [-0.3, -0.25) is 0 Å². The molecule has 0 aliphatic heterocycles. The van der Waals surface area contributed by atoms with Gasteiger partial charge in [0, 0.05) is 0 Å². The lowest BCUT2D eigenvalue weighted by molar-refractivity contribution is 0.0526. The molecule has 0 radical (unpaired) electrons. The number of hydrogen-bond acceptors (Lipinski definition) is 8. The zero-order valence-electron chi connectivity index (χ0n) is 13.6. The predicted octanol–water partition coefficient (Wildman–Crippen LogP) is 2.28. The fourth-order valence-electron chi connectivity index (χ4n) is 1.79. The van der Waals surface area contributed by atoms with E-state index in [1.54, 1.807) is 32.1 Å². The molecule has 1 N–H and O–H groups in total. The number of allylic oxidation sites excluding steroid dienone is 2. The highest BCUT2D eigenvalue weighted by atomic mass is 16.5. The average Bonchev–Trinajstić information content (AvgIpc) is 2.62. The van der Waals surface area contributed by atoms with Crippen molar-refractivity contribution >= 4 is 17.6 Å². The van der Waals surface area contributed by atoms with Gasteiger partial charge in [-0.15, -0.1) is 0 Å². The van der Waals surface area contributed by atoms with Crippen molar-refractivity contribution in [1.29, 1.82) is 15.8 Å². The molecule has 126 valence electrons. The van der Waals surface area contributed by atoms with E-state index in [1.165, 1.54) is 18.2 Å². The van der Waals surface area contributed by atoms with Crippen LogP contribution < -0.4 is 5.32 Å². The molecule has 8 nitrogen and oxygen atoms in total. The molecule has 1 aromatic rings.